The Bertz CT molecular complexity index is 976. The van der Waals surface area contributed by atoms with Gasteiger partial charge >= 0.3 is 0 Å². The molecule has 2 heterocycles. The summed E-state index contributed by atoms with van der Waals surface area (Å²) in [7, 11) is 0. The maximum Gasteiger partial charge on any atom is 0.255 e. The van der Waals surface area contributed by atoms with Crippen molar-refractivity contribution < 1.29 is 4.79 Å². The van der Waals surface area contributed by atoms with Crippen LogP contribution >= 0.6 is 23.1 Å². The molecule has 1 amide bonds. The van der Waals surface area contributed by atoms with Gasteiger partial charge in [0, 0.05) is 47.4 Å². The first-order valence-corrected chi connectivity index (χ1v) is 11.8. The average molecular weight is 423 g/mol. The van der Waals surface area contributed by atoms with Crippen molar-refractivity contribution in [1.29, 1.82) is 0 Å². The molecule has 0 bridgehead atoms. The van der Waals surface area contributed by atoms with Gasteiger partial charge in [-0.05, 0) is 54.6 Å². The number of benzene rings is 2. The Balaban J connectivity index is 1.43. The fourth-order valence-electron chi connectivity index (χ4n) is 3.71. The van der Waals surface area contributed by atoms with E-state index >= 15 is 0 Å². The van der Waals surface area contributed by atoms with Gasteiger partial charge in [0.15, 0.2) is 0 Å². The molecule has 0 saturated carbocycles. The lowest BCUT2D eigenvalue weighted by Gasteiger charge is -2.37. The van der Waals surface area contributed by atoms with E-state index < -0.39 is 0 Å². The van der Waals surface area contributed by atoms with E-state index in [4.69, 9.17) is 0 Å². The predicted molar refractivity (Wildman–Crippen MR) is 124 cm³/mol. The number of anilines is 1. The van der Waals surface area contributed by atoms with E-state index in [0.29, 0.717) is 0 Å². The maximum absolute atomic E-state index is 13.2. The molecule has 0 atom stereocenters. The lowest BCUT2D eigenvalue weighted by molar-refractivity contribution is 0.0743. The maximum atomic E-state index is 13.2. The Hall–Kier alpha value is -2.24. The molecule has 2 aromatic carbocycles. The van der Waals surface area contributed by atoms with Crippen LogP contribution in [0.3, 0.4) is 0 Å². The number of aryl methyl sites for hydroxylation is 1. The number of nitrogens with zero attached hydrogens (tertiary/aromatic N) is 2. The molecule has 150 valence electrons. The predicted octanol–water partition coefficient (Wildman–Crippen LogP) is 5.62. The fraction of sp³-hybridized carbons (Fsp3) is 0.292. The molecule has 1 aliphatic rings. The van der Waals surface area contributed by atoms with Crippen molar-refractivity contribution in [1.82, 2.24) is 4.90 Å². The molecule has 4 rings (SSSR count). The Morgan fingerprint density at radius 3 is 2.52 bits per heavy atom. The number of hydrogen-bond acceptors (Lipinski definition) is 4. The molecule has 0 unspecified atom stereocenters. The highest BCUT2D eigenvalue weighted by molar-refractivity contribution is 7.98. The summed E-state index contributed by atoms with van der Waals surface area (Å²) >= 11 is 3.51. The number of hydrogen-bond donors (Lipinski definition) is 0. The first-order chi connectivity index (χ1) is 14.1. The number of thiophene rings is 1. The topological polar surface area (TPSA) is 23.6 Å². The second kappa shape index (κ2) is 9.06. The minimum atomic E-state index is 0.153. The van der Waals surface area contributed by atoms with Crippen LogP contribution in [-0.2, 0) is 5.75 Å². The third kappa shape index (κ3) is 4.51. The van der Waals surface area contributed by atoms with Crippen molar-refractivity contribution in [2.75, 3.05) is 31.1 Å². The zero-order valence-corrected chi connectivity index (χ0v) is 18.6. The first kappa shape index (κ1) is 20.0. The SMILES string of the molecule is Cc1cccc(N2CCN(C(=O)c3ccccc3SCc3cccs3)CC2)c1C. The Kier molecular flexibility index (Phi) is 6.26. The van der Waals surface area contributed by atoms with Crippen LogP contribution in [0.15, 0.2) is 64.9 Å². The molecule has 0 aliphatic carbocycles. The van der Waals surface area contributed by atoms with Gasteiger partial charge in [-0.15, -0.1) is 23.1 Å². The number of piperazine rings is 1. The van der Waals surface area contributed by atoms with Gasteiger partial charge in [-0.3, -0.25) is 4.79 Å². The van der Waals surface area contributed by atoms with Gasteiger partial charge < -0.3 is 9.80 Å². The number of amides is 1. The molecule has 1 aliphatic heterocycles. The van der Waals surface area contributed by atoms with Crippen molar-refractivity contribution >= 4 is 34.7 Å². The van der Waals surface area contributed by atoms with E-state index in [1.807, 2.05) is 23.1 Å². The van der Waals surface area contributed by atoms with Crippen molar-refractivity contribution in [2.24, 2.45) is 0 Å². The molecule has 5 heteroatoms. The highest BCUT2D eigenvalue weighted by Gasteiger charge is 2.24. The molecular formula is C24H26N2OS2. The summed E-state index contributed by atoms with van der Waals surface area (Å²) in [6.07, 6.45) is 0. The molecule has 1 aromatic heterocycles. The summed E-state index contributed by atoms with van der Waals surface area (Å²) in [5.41, 5.74) is 4.78. The fourth-order valence-corrected chi connectivity index (χ4v) is 5.53. The second-order valence-electron chi connectivity index (χ2n) is 7.36. The molecule has 1 fully saturated rings. The third-order valence-electron chi connectivity index (χ3n) is 5.55. The van der Waals surface area contributed by atoms with Crippen molar-refractivity contribution in [3.05, 3.63) is 81.5 Å². The zero-order valence-electron chi connectivity index (χ0n) is 16.9. The van der Waals surface area contributed by atoms with Crippen molar-refractivity contribution in [3.63, 3.8) is 0 Å². The normalized spacial score (nSPS) is 14.3. The van der Waals surface area contributed by atoms with E-state index in [1.54, 1.807) is 23.1 Å². The average Bonchev–Trinajstić information content (AvgIpc) is 3.28. The van der Waals surface area contributed by atoms with Gasteiger partial charge in [-0.2, -0.15) is 0 Å². The van der Waals surface area contributed by atoms with E-state index in [1.165, 1.54) is 21.7 Å². The zero-order chi connectivity index (χ0) is 20.2. The van der Waals surface area contributed by atoms with Gasteiger partial charge in [0.1, 0.15) is 0 Å². The Labute approximate surface area is 181 Å². The van der Waals surface area contributed by atoms with Crippen LogP contribution in [0.5, 0.6) is 0 Å². The number of carbonyl (C=O) groups is 1. The van der Waals surface area contributed by atoms with Crippen molar-refractivity contribution in [2.45, 2.75) is 24.5 Å². The molecule has 1 saturated heterocycles. The highest BCUT2D eigenvalue weighted by atomic mass is 32.2. The summed E-state index contributed by atoms with van der Waals surface area (Å²) in [6, 6.07) is 18.7. The van der Waals surface area contributed by atoms with Crippen LogP contribution < -0.4 is 4.90 Å². The van der Waals surface area contributed by atoms with Crippen molar-refractivity contribution in [3.8, 4) is 0 Å². The summed E-state index contributed by atoms with van der Waals surface area (Å²) < 4.78 is 0. The minimum Gasteiger partial charge on any atom is -0.368 e. The van der Waals surface area contributed by atoms with E-state index in [0.717, 1.165) is 42.4 Å². The van der Waals surface area contributed by atoms with Crippen LogP contribution in [0.1, 0.15) is 26.4 Å². The molecule has 3 aromatic rings. The minimum absolute atomic E-state index is 0.153. The van der Waals surface area contributed by atoms with Gasteiger partial charge in [0.25, 0.3) is 5.91 Å². The molecule has 0 radical (unpaired) electrons. The summed E-state index contributed by atoms with van der Waals surface area (Å²) in [5.74, 6) is 1.06. The lowest BCUT2D eigenvalue weighted by Crippen LogP contribution is -2.49. The molecular weight excluding hydrogens is 396 g/mol. The molecule has 3 nitrogen and oxygen atoms in total. The van der Waals surface area contributed by atoms with Gasteiger partial charge in [-0.25, -0.2) is 0 Å². The number of rotatable bonds is 5. The van der Waals surface area contributed by atoms with Gasteiger partial charge in [0.05, 0.1) is 5.56 Å². The monoisotopic (exact) mass is 422 g/mol. The molecule has 29 heavy (non-hydrogen) atoms. The summed E-state index contributed by atoms with van der Waals surface area (Å²) in [6.45, 7) is 7.61. The van der Waals surface area contributed by atoms with Crippen LogP contribution in [-0.4, -0.2) is 37.0 Å². The highest BCUT2D eigenvalue weighted by Crippen LogP contribution is 2.29. The summed E-state index contributed by atoms with van der Waals surface area (Å²) in [4.78, 5) is 20.1. The second-order valence-corrected chi connectivity index (χ2v) is 9.41. The van der Waals surface area contributed by atoms with E-state index in [-0.39, 0.29) is 5.91 Å². The smallest absolute Gasteiger partial charge is 0.255 e. The molecule has 0 spiro atoms. The lowest BCUT2D eigenvalue weighted by atomic mass is 10.1. The van der Waals surface area contributed by atoms with E-state index in [9.17, 15) is 4.79 Å². The van der Waals surface area contributed by atoms with Crippen LogP contribution in [0.2, 0.25) is 0 Å². The first-order valence-electron chi connectivity index (χ1n) is 9.98. The van der Waals surface area contributed by atoms with Gasteiger partial charge in [-0.1, -0.05) is 30.3 Å². The standard InChI is InChI=1S/C24H26N2OS2/c1-18-7-5-10-22(19(18)2)25-12-14-26(15-13-25)24(27)21-9-3-4-11-23(21)29-17-20-8-6-16-28-20/h3-11,16H,12-15,17H2,1-2H3. The third-order valence-corrected chi connectivity index (χ3v) is 7.73. The summed E-state index contributed by atoms with van der Waals surface area (Å²) in [5, 5.41) is 2.10. The van der Waals surface area contributed by atoms with Gasteiger partial charge in [0.2, 0.25) is 0 Å². The Morgan fingerprint density at radius 1 is 0.966 bits per heavy atom. The van der Waals surface area contributed by atoms with Crippen LogP contribution in [0.4, 0.5) is 5.69 Å². The molecule has 0 N–H and O–H groups in total. The Morgan fingerprint density at radius 2 is 1.76 bits per heavy atom. The van der Waals surface area contributed by atoms with E-state index in [2.05, 4.69) is 60.5 Å². The number of carbonyl (C=O) groups excluding carboxylic acids is 1. The van der Waals surface area contributed by atoms with Crippen LogP contribution in [0.25, 0.3) is 0 Å². The number of thioether (sulfide) groups is 1. The quantitative estimate of drug-likeness (QED) is 0.499. The largest absolute Gasteiger partial charge is 0.368 e. The van der Waals surface area contributed by atoms with Crippen LogP contribution in [0, 0.1) is 13.8 Å².